The molecule has 0 bridgehead atoms. The maximum Gasteiger partial charge on any atom is 0.234 e. The second-order valence-corrected chi connectivity index (χ2v) is 11.1. The summed E-state index contributed by atoms with van der Waals surface area (Å²) in [5, 5.41) is 6.16. The zero-order valence-corrected chi connectivity index (χ0v) is 19.2. The summed E-state index contributed by atoms with van der Waals surface area (Å²) in [7, 11) is -3.50. The Labute approximate surface area is 184 Å². The Kier molecular flexibility index (Phi) is 7.01. The summed E-state index contributed by atoms with van der Waals surface area (Å²) in [6, 6.07) is 10.2. The fourth-order valence-electron chi connectivity index (χ4n) is 4.51. The molecule has 0 saturated heterocycles. The van der Waals surface area contributed by atoms with Gasteiger partial charge in [-0.05, 0) is 43.1 Å². The van der Waals surface area contributed by atoms with E-state index < -0.39 is 10.0 Å². The lowest BCUT2D eigenvalue weighted by molar-refractivity contribution is 0.303. The van der Waals surface area contributed by atoms with Crippen LogP contribution in [-0.4, -0.2) is 30.0 Å². The van der Waals surface area contributed by atoms with Crippen LogP contribution in [0.5, 0.6) is 0 Å². The van der Waals surface area contributed by atoms with E-state index in [2.05, 4.69) is 16.9 Å². The number of benzene rings is 1. The number of thioether (sulfide) groups is 1. The van der Waals surface area contributed by atoms with Gasteiger partial charge in [-0.3, -0.25) is 4.68 Å². The van der Waals surface area contributed by atoms with Crippen molar-refractivity contribution in [3.05, 3.63) is 58.3 Å². The van der Waals surface area contributed by atoms with Crippen LogP contribution in [0.2, 0.25) is 0 Å². The molecule has 0 radical (unpaired) electrons. The van der Waals surface area contributed by atoms with Crippen LogP contribution in [0, 0.1) is 5.92 Å². The Morgan fingerprint density at radius 1 is 1.23 bits per heavy atom. The number of fused-ring (bicyclic) bond motifs is 1. The minimum absolute atomic E-state index is 0.0290. The third kappa shape index (κ3) is 5.37. The van der Waals surface area contributed by atoms with Crippen LogP contribution in [-0.2, 0) is 28.7 Å². The van der Waals surface area contributed by atoms with E-state index in [0.29, 0.717) is 12.5 Å². The molecule has 7 heteroatoms. The first kappa shape index (κ1) is 21.7. The van der Waals surface area contributed by atoms with Gasteiger partial charge in [0, 0.05) is 29.2 Å². The lowest BCUT2D eigenvalue weighted by Crippen LogP contribution is -2.37. The molecule has 162 valence electrons. The highest BCUT2D eigenvalue weighted by Gasteiger charge is 2.24. The van der Waals surface area contributed by atoms with Crippen LogP contribution in [0.25, 0.3) is 6.08 Å². The van der Waals surface area contributed by atoms with Gasteiger partial charge in [-0.1, -0.05) is 49.6 Å². The zero-order chi connectivity index (χ0) is 21.0. The van der Waals surface area contributed by atoms with Crippen molar-refractivity contribution in [1.29, 1.82) is 0 Å². The average Bonchev–Trinajstić information content (AvgIpc) is 3.10. The standard InChI is InChI=1S/C23H31N3O2S2/c1-18(20-10-6-3-7-11-20)25-30(27,28)15-13-23-21-17-29-14-12-22(21)24-26(23)16-19-8-4-2-5-9-19/h2,4-5,8-9,13,15,18,20,25H,3,6-7,10-12,14,16-17H2,1H3/b15-13+/t18-/m1/s1. The van der Waals surface area contributed by atoms with Crippen molar-refractivity contribution in [2.75, 3.05) is 5.75 Å². The predicted octanol–water partition coefficient (Wildman–Crippen LogP) is 4.58. The third-order valence-corrected chi connectivity index (χ3v) is 8.37. The fourth-order valence-corrected chi connectivity index (χ4v) is 6.61. The van der Waals surface area contributed by atoms with E-state index in [1.807, 2.05) is 41.6 Å². The summed E-state index contributed by atoms with van der Waals surface area (Å²) in [4.78, 5) is 0. The van der Waals surface area contributed by atoms with Crippen LogP contribution in [0.4, 0.5) is 0 Å². The molecule has 2 aliphatic rings. The van der Waals surface area contributed by atoms with Crippen molar-refractivity contribution in [2.45, 2.75) is 63.8 Å². The van der Waals surface area contributed by atoms with Crippen molar-refractivity contribution in [3.8, 4) is 0 Å². The van der Waals surface area contributed by atoms with E-state index in [9.17, 15) is 8.42 Å². The van der Waals surface area contributed by atoms with Gasteiger partial charge in [0.25, 0.3) is 0 Å². The van der Waals surface area contributed by atoms with Crippen molar-refractivity contribution in [1.82, 2.24) is 14.5 Å². The molecule has 4 rings (SSSR count). The molecule has 1 N–H and O–H groups in total. The minimum Gasteiger partial charge on any atom is -0.260 e. The van der Waals surface area contributed by atoms with Crippen LogP contribution >= 0.6 is 11.8 Å². The molecule has 1 aliphatic heterocycles. The molecule has 2 heterocycles. The Balaban J connectivity index is 1.54. The van der Waals surface area contributed by atoms with Crippen LogP contribution in [0.3, 0.4) is 0 Å². The van der Waals surface area contributed by atoms with Gasteiger partial charge in [0.15, 0.2) is 0 Å². The number of aryl methyl sites for hydroxylation is 1. The molecule has 1 saturated carbocycles. The molecule has 0 amide bonds. The Morgan fingerprint density at radius 3 is 2.77 bits per heavy atom. The minimum atomic E-state index is -3.50. The number of hydrogen-bond donors (Lipinski definition) is 1. The number of nitrogens with one attached hydrogen (secondary N) is 1. The van der Waals surface area contributed by atoms with Crippen molar-refractivity contribution in [2.24, 2.45) is 5.92 Å². The molecule has 30 heavy (non-hydrogen) atoms. The molecule has 1 aromatic carbocycles. The summed E-state index contributed by atoms with van der Waals surface area (Å²) in [5.74, 6) is 2.39. The molecule has 0 spiro atoms. The first-order valence-electron chi connectivity index (χ1n) is 10.9. The molecule has 1 atom stereocenters. The monoisotopic (exact) mass is 445 g/mol. The van der Waals surface area contributed by atoms with E-state index in [-0.39, 0.29) is 6.04 Å². The summed E-state index contributed by atoms with van der Waals surface area (Å²) in [6.45, 7) is 2.64. The second-order valence-electron chi connectivity index (χ2n) is 8.41. The highest BCUT2D eigenvalue weighted by molar-refractivity contribution is 7.98. The highest BCUT2D eigenvalue weighted by atomic mass is 32.2. The van der Waals surface area contributed by atoms with Crippen LogP contribution < -0.4 is 4.72 Å². The number of aromatic nitrogens is 2. The maximum absolute atomic E-state index is 12.8. The maximum atomic E-state index is 12.8. The van der Waals surface area contributed by atoms with Crippen molar-refractivity contribution < 1.29 is 8.42 Å². The van der Waals surface area contributed by atoms with Gasteiger partial charge >= 0.3 is 0 Å². The van der Waals surface area contributed by atoms with Gasteiger partial charge in [-0.25, -0.2) is 13.1 Å². The number of sulfonamides is 1. The highest BCUT2D eigenvalue weighted by Crippen LogP contribution is 2.29. The van der Waals surface area contributed by atoms with E-state index >= 15 is 0 Å². The molecular weight excluding hydrogens is 414 g/mol. The summed E-state index contributed by atoms with van der Waals surface area (Å²) < 4.78 is 30.4. The number of nitrogens with zero attached hydrogens (tertiary/aromatic N) is 2. The lowest BCUT2D eigenvalue weighted by atomic mass is 9.85. The SMILES string of the molecule is C[C@@H](NS(=O)(=O)/C=C/c1c2c(nn1Cc1ccccc1)CCSC2)C1CCCCC1. The third-order valence-electron chi connectivity index (χ3n) is 6.19. The summed E-state index contributed by atoms with van der Waals surface area (Å²) >= 11 is 1.88. The molecule has 2 aromatic rings. The molecule has 1 aromatic heterocycles. The molecule has 5 nitrogen and oxygen atoms in total. The molecular formula is C23H31N3O2S2. The largest absolute Gasteiger partial charge is 0.260 e. The summed E-state index contributed by atoms with van der Waals surface area (Å²) in [5.41, 5.74) is 4.35. The van der Waals surface area contributed by atoms with Crippen molar-refractivity contribution in [3.63, 3.8) is 0 Å². The Morgan fingerprint density at radius 2 is 2.00 bits per heavy atom. The van der Waals surface area contributed by atoms with Crippen molar-refractivity contribution >= 4 is 27.9 Å². The van der Waals surface area contributed by atoms with Gasteiger partial charge in [0.1, 0.15) is 0 Å². The van der Waals surface area contributed by atoms with E-state index in [1.165, 1.54) is 30.2 Å². The molecule has 0 unspecified atom stereocenters. The van der Waals surface area contributed by atoms with E-state index in [1.54, 1.807) is 6.08 Å². The predicted molar refractivity (Wildman–Crippen MR) is 125 cm³/mol. The van der Waals surface area contributed by atoms with Gasteiger partial charge in [-0.2, -0.15) is 16.9 Å². The zero-order valence-electron chi connectivity index (χ0n) is 17.6. The first-order valence-corrected chi connectivity index (χ1v) is 13.6. The lowest BCUT2D eigenvalue weighted by Gasteiger charge is -2.27. The fraction of sp³-hybridized carbons (Fsp3) is 0.522. The van der Waals surface area contributed by atoms with Gasteiger partial charge < -0.3 is 0 Å². The smallest absolute Gasteiger partial charge is 0.234 e. The first-order chi connectivity index (χ1) is 14.5. The summed E-state index contributed by atoms with van der Waals surface area (Å²) in [6.07, 6.45) is 8.58. The molecule has 1 fully saturated rings. The van der Waals surface area contributed by atoms with Gasteiger partial charge in [0.05, 0.1) is 17.9 Å². The van der Waals surface area contributed by atoms with Crippen LogP contribution in [0.1, 0.15) is 61.5 Å². The number of hydrogen-bond acceptors (Lipinski definition) is 4. The quantitative estimate of drug-likeness (QED) is 0.678. The average molecular weight is 446 g/mol. The number of rotatable bonds is 7. The van der Waals surface area contributed by atoms with Crippen LogP contribution in [0.15, 0.2) is 35.7 Å². The Bertz CT molecular complexity index is 977. The van der Waals surface area contributed by atoms with E-state index in [4.69, 9.17) is 5.10 Å². The topological polar surface area (TPSA) is 64.0 Å². The van der Waals surface area contributed by atoms with Gasteiger partial charge in [0.2, 0.25) is 10.0 Å². The normalized spacial score (nSPS) is 19.1. The Hall–Kier alpha value is -1.57. The van der Waals surface area contributed by atoms with Gasteiger partial charge in [-0.15, -0.1) is 0 Å². The molecule has 1 aliphatic carbocycles. The second kappa shape index (κ2) is 9.71. The van der Waals surface area contributed by atoms with E-state index in [0.717, 1.165) is 47.7 Å².